The number of ether oxygens (including phenoxy) is 1. The maximum Gasteiger partial charge on any atom is 0.339 e. The van der Waals surface area contributed by atoms with E-state index in [0.717, 1.165) is 41.1 Å². The summed E-state index contributed by atoms with van der Waals surface area (Å²) in [6.45, 7) is 3.18. The molecule has 0 N–H and O–H groups in total. The van der Waals surface area contributed by atoms with Gasteiger partial charge in [-0.1, -0.05) is 18.2 Å². The molecule has 3 aromatic rings. The number of hydrogen-bond donors (Lipinski definition) is 0. The molecule has 2 aliphatic rings. The molecule has 32 heavy (non-hydrogen) atoms. The molecule has 0 unspecified atom stereocenters. The molecule has 0 bridgehead atoms. The summed E-state index contributed by atoms with van der Waals surface area (Å²) in [6, 6.07) is 11.2. The van der Waals surface area contributed by atoms with E-state index in [-0.39, 0.29) is 24.2 Å². The highest BCUT2D eigenvalue weighted by atomic mass is 16.5. The number of carbonyl (C=O) groups is 2. The summed E-state index contributed by atoms with van der Waals surface area (Å²) in [7, 11) is 0. The molecule has 7 heteroatoms. The Kier molecular flexibility index (Phi) is 5.39. The van der Waals surface area contributed by atoms with Gasteiger partial charge in [0.2, 0.25) is 5.91 Å². The number of amides is 1. The lowest BCUT2D eigenvalue weighted by molar-refractivity contribution is -0.134. The lowest BCUT2D eigenvalue weighted by Gasteiger charge is -2.34. The first kappa shape index (κ1) is 20.3. The first-order valence-electron chi connectivity index (χ1n) is 10.9. The zero-order chi connectivity index (χ0) is 22.1. The molecule has 1 fully saturated rings. The highest BCUT2D eigenvalue weighted by molar-refractivity contribution is 5.94. The molecular formula is C25H24N4O3. The Morgan fingerprint density at radius 1 is 1.16 bits per heavy atom. The summed E-state index contributed by atoms with van der Waals surface area (Å²) in [5.41, 5.74) is 4.33. The highest BCUT2D eigenvalue weighted by Gasteiger charge is 2.35. The summed E-state index contributed by atoms with van der Waals surface area (Å²) >= 11 is 0. The van der Waals surface area contributed by atoms with Gasteiger partial charge < -0.3 is 9.64 Å². The summed E-state index contributed by atoms with van der Waals surface area (Å²) in [6.07, 6.45) is 6.89. The smallest absolute Gasteiger partial charge is 0.339 e. The number of esters is 1. The Bertz CT molecular complexity index is 1160. The van der Waals surface area contributed by atoms with E-state index in [1.54, 1.807) is 18.5 Å². The molecule has 1 saturated heterocycles. The largest absolute Gasteiger partial charge is 0.453 e. The fourth-order valence-electron chi connectivity index (χ4n) is 4.64. The zero-order valence-corrected chi connectivity index (χ0v) is 17.9. The first-order chi connectivity index (χ1) is 15.6. The summed E-state index contributed by atoms with van der Waals surface area (Å²) < 4.78 is 5.48. The Hall–Kier alpha value is -3.61. The molecule has 2 aromatic heterocycles. The fourth-order valence-corrected chi connectivity index (χ4v) is 4.64. The second-order valence-corrected chi connectivity index (χ2v) is 8.32. The van der Waals surface area contributed by atoms with E-state index in [4.69, 9.17) is 9.72 Å². The van der Waals surface area contributed by atoms with Gasteiger partial charge in [0.25, 0.3) is 0 Å². The SMILES string of the molecule is Cc1ncc(-c2ccncc2)c([C@H]2CCCN(C(=O)C[C@@H]3OC(=O)c4ccccc43)C2)n1. The molecule has 2 atom stereocenters. The Labute approximate surface area is 186 Å². The fraction of sp³-hybridized carbons (Fsp3) is 0.320. The predicted octanol–water partition coefficient (Wildman–Crippen LogP) is 3.85. The third-order valence-corrected chi connectivity index (χ3v) is 6.23. The van der Waals surface area contributed by atoms with Crippen molar-refractivity contribution in [2.24, 2.45) is 0 Å². The second-order valence-electron chi connectivity index (χ2n) is 8.32. The maximum absolute atomic E-state index is 13.2. The van der Waals surface area contributed by atoms with Crippen molar-refractivity contribution in [2.45, 2.75) is 38.2 Å². The average Bonchev–Trinajstić information content (AvgIpc) is 3.15. The lowest BCUT2D eigenvalue weighted by Crippen LogP contribution is -2.40. The van der Waals surface area contributed by atoms with Crippen LogP contribution in [-0.2, 0) is 9.53 Å². The Balaban J connectivity index is 1.35. The van der Waals surface area contributed by atoms with Crippen molar-refractivity contribution in [3.63, 3.8) is 0 Å². The number of nitrogens with zero attached hydrogens (tertiary/aromatic N) is 4. The van der Waals surface area contributed by atoms with E-state index in [1.165, 1.54) is 0 Å². The van der Waals surface area contributed by atoms with Crippen molar-refractivity contribution in [3.8, 4) is 11.1 Å². The molecule has 7 nitrogen and oxygen atoms in total. The van der Waals surface area contributed by atoms with Gasteiger partial charge in [-0.3, -0.25) is 9.78 Å². The van der Waals surface area contributed by atoms with Gasteiger partial charge in [-0.2, -0.15) is 0 Å². The van der Waals surface area contributed by atoms with Crippen LogP contribution in [0.3, 0.4) is 0 Å². The Morgan fingerprint density at radius 2 is 1.97 bits per heavy atom. The molecule has 0 radical (unpaired) electrons. The summed E-state index contributed by atoms with van der Waals surface area (Å²) in [5, 5.41) is 0. The van der Waals surface area contributed by atoms with Crippen LogP contribution in [0.2, 0.25) is 0 Å². The first-order valence-corrected chi connectivity index (χ1v) is 10.9. The minimum atomic E-state index is -0.514. The topological polar surface area (TPSA) is 85.3 Å². The molecule has 1 aromatic carbocycles. The molecule has 5 rings (SSSR count). The number of fused-ring (bicyclic) bond motifs is 1. The lowest BCUT2D eigenvalue weighted by atomic mass is 9.89. The van der Waals surface area contributed by atoms with Gasteiger partial charge in [-0.25, -0.2) is 14.8 Å². The standard InChI is InChI=1S/C25H24N4O3/c1-16-27-14-21(17-8-10-26-11-9-17)24(28-16)18-5-4-12-29(15-18)23(30)13-22-19-6-2-3-7-20(19)25(31)32-22/h2-3,6-11,14,18,22H,4-5,12-13,15H2,1H3/t18-,22-/m0/s1. The minimum Gasteiger partial charge on any atom is -0.453 e. The van der Waals surface area contributed by atoms with Crippen molar-refractivity contribution >= 4 is 11.9 Å². The van der Waals surface area contributed by atoms with Gasteiger partial charge in [-0.15, -0.1) is 0 Å². The van der Waals surface area contributed by atoms with E-state index in [0.29, 0.717) is 18.7 Å². The number of benzene rings is 1. The number of likely N-dealkylation sites (tertiary alicyclic amines) is 1. The van der Waals surface area contributed by atoms with E-state index < -0.39 is 6.10 Å². The predicted molar refractivity (Wildman–Crippen MR) is 118 cm³/mol. The van der Waals surface area contributed by atoms with Crippen LogP contribution in [0.25, 0.3) is 11.1 Å². The molecule has 4 heterocycles. The average molecular weight is 428 g/mol. The van der Waals surface area contributed by atoms with Crippen LogP contribution >= 0.6 is 0 Å². The van der Waals surface area contributed by atoms with Gasteiger partial charge >= 0.3 is 5.97 Å². The molecular weight excluding hydrogens is 404 g/mol. The molecule has 0 saturated carbocycles. The van der Waals surface area contributed by atoms with Crippen LogP contribution in [-0.4, -0.2) is 44.8 Å². The number of pyridine rings is 1. The van der Waals surface area contributed by atoms with E-state index in [2.05, 4.69) is 9.97 Å². The molecule has 162 valence electrons. The van der Waals surface area contributed by atoms with Gasteiger partial charge in [0.1, 0.15) is 11.9 Å². The van der Waals surface area contributed by atoms with Crippen molar-refractivity contribution in [2.75, 3.05) is 13.1 Å². The number of aryl methyl sites for hydroxylation is 1. The van der Waals surface area contributed by atoms with Crippen LogP contribution in [0.5, 0.6) is 0 Å². The Morgan fingerprint density at radius 3 is 2.81 bits per heavy atom. The molecule has 2 aliphatic heterocycles. The third-order valence-electron chi connectivity index (χ3n) is 6.23. The van der Waals surface area contributed by atoms with E-state index in [1.807, 2.05) is 48.4 Å². The van der Waals surface area contributed by atoms with Crippen LogP contribution in [0.4, 0.5) is 0 Å². The van der Waals surface area contributed by atoms with Crippen LogP contribution in [0.1, 0.15) is 58.7 Å². The monoisotopic (exact) mass is 428 g/mol. The van der Waals surface area contributed by atoms with E-state index >= 15 is 0 Å². The molecule has 1 amide bonds. The number of aromatic nitrogens is 3. The van der Waals surface area contributed by atoms with Crippen LogP contribution in [0.15, 0.2) is 55.0 Å². The number of cyclic esters (lactones) is 1. The highest BCUT2D eigenvalue weighted by Crippen LogP contribution is 2.36. The zero-order valence-electron chi connectivity index (χ0n) is 17.9. The van der Waals surface area contributed by atoms with Crippen molar-refractivity contribution in [1.29, 1.82) is 0 Å². The second kappa shape index (κ2) is 8.49. The van der Waals surface area contributed by atoms with Crippen molar-refractivity contribution in [1.82, 2.24) is 19.9 Å². The number of carbonyl (C=O) groups excluding carboxylic acids is 2. The quantitative estimate of drug-likeness (QED) is 0.587. The molecule has 0 spiro atoms. The molecule has 0 aliphatic carbocycles. The van der Waals surface area contributed by atoms with Gasteiger partial charge in [0.05, 0.1) is 17.7 Å². The van der Waals surface area contributed by atoms with Crippen LogP contribution in [0, 0.1) is 6.92 Å². The summed E-state index contributed by atoms with van der Waals surface area (Å²) in [5.74, 6) is 0.487. The van der Waals surface area contributed by atoms with Gasteiger partial charge in [-0.05, 0) is 43.5 Å². The van der Waals surface area contributed by atoms with Crippen LogP contribution < -0.4 is 0 Å². The van der Waals surface area contributed by atoms with Gasteiger partial charge in [0.15, 0.2) is 0 Å². The number of piperidine rings is 1. The minimum absolute atomic E-state index is 0.000409. The third kappa shape index (κ3) is 3.86. The number of hydrogen-bond acceptors (Lipinski definition) is 6. The maximum atomic E-state index is 13.2. The van der Waals surface area contributed by atoms with E-state index in [9.17, 15) is 9.59 Å². The number of rotatable bonds is 4. The summed E-state index contributed by atoms with van der Waals surface area (Å²) in [4.78, 5) is 40.4. The normalized spacial score (nSPS) is 20.0. The van der Waals surface area contributed by atoms with Gasteiger partial charge in [0, 0.05) is 48.7 Å². The van der Waals surface area contributed by atoms with Crippen molar-refractivity contribution in [3.05, 3.63) is 77.6 Å². The van der Waals surface area contributed by atoms with Crippen molar-refractivity contribution < 1.29 is 14.3 Å².